The average Bonchev–Trinajstić information content (AvgIpc) is 2.60. The molecule has 6 aromatic heterocycles. The van der Waals surface area contributed by atoms with Crippen LogP contribution in [0, 0.1) is 0 Å². The van der Waals surface area contributed by atoms with Gasteiger partial charge in [-0.25, -0.2) is 0 Å². The van der Waals surface area contributed by atoms with E-state index in [4.69, 9.17) is 0 Å². The monoisotopic (exact) mass is 384 g/mol. The first kappa shape index (κ1) is 12.7. The minimum atomic E-state index is 0.756. The Kier molecular flexibility index (Phi) is 1.48. The number of hydrogen-bond donors (Lipinski definition) is 0. The Labute approximate surface area is 160 Å². The number of aromatic nitrogens is 12. The molecule has 30 heavy (non-hydrogen) atoms. The summed E-state index contributed by atoms with van der Waals surface area (Å²) in [6.07, 6.45) is 0. The molecule has 0 aliphatic carbocycles. The zero-order chi connectivity index (χ0) is 18.9. The molecule has 0 radical (unpaired) electrons. The van der Waals surface area contributed by atoms with Gasteiger partial charge in [-0.2, -0.15) is 0 Å². The van der Waals surface area contributed by atoms with E-state index in [1.54, 1.807) is 0 Å². The minimum Gasteiger partial charge on any atom is -0.147 e. The summed E-state index contributed by atoms with van der Waals surface area (Å²) in [5.74, 6) is 0. The first-order valence-electron chi connectivity index (χ1n) is 9.13. The van der Waals surface area contributed by atoms with Crippen molar-refractivity contribution < 1.29 is 0 Å². The fourth-order valence-corrected chi connectivity index (χ4v) is 5.04. The van der Waals surface area contributed by atoms with Crippen molar-refractivity contribution in [2.24, 2.45) is 0 Å². The largest absolute Gasteiger partial charge is 0.147 e. The van der Waals surface area contributed by atoms with E-state index in [0.717, 1.165) is 98.5 Å². The highest BCUT2D eigenvalue weighted by Gasteiger charge is 2.32. The maximum atomic E-state index is 4.34. The summed E-state index contributed by atoms with van der Waals surface area (Å²) < 4.78 is 0. The third-order valence-electron chi connectivity index (χ3n) is 6.44. The van der Waals surface area contributed by atoms with E-state index in [2.05, 4.69) is 61.2 Å². The molecule has 0 saturated carbocycles. The van der Waals surface area contributed by atoms with Crippen LogP contribution in [0.5, 0.6) is 0 Å². The smallest absolute Gasteiger partial charge is 0.144 e. The van der Waals surface area contributed by atoms with Gasteiger partial charge in [0.15, 0.2) is 0 Å². The van der Waals surface area contributed by atoms with Crippen molar-refractivity contribution in [2.75, 3.05) is 0 Å². The third kappa shape index (κ3) is 0.965. The molecule has 4 aromatic carbocycles. The van der Waals surface area contributed by atoms with E-state index >= 15 is 0 Å². The normalized spacial score (nSPS) is 14.0. The lowest BCUT2D eigenvalue weighted by molar-refractivity contribution is 1.03. The van der Waals surface area contributed by atoms with Crippen LogP contribution >= 0.6 is 0 Å². The van der Waals surface area contributed by atoms with Crippen LogP contribution in [-0.4, -0.2) is 61.2 Å². The maximum Gasteiger partial charge on any atom is 0.144 e. The molecule has 0 fully saturated rings. The van der Waals surface area contributed by atoms with E-state index in [1.807, 2.05) is 0 Å². The molecule has 0 aliphatic heterocycles. The van der Waals surface area contributed by atoms with Crippen molar-refractivity contribution in [3.8, 4) is 0 Å². The Morgan fingerprint density at radius 3 is 0.400 bits per heavy atom. The quantitative estimate of drug-likeness (QED) is 0.347. The van der Waals surface area contributed by atoms with Gasteiger partial charge in [0.2, 0.25) is 0 Å². The van der Waals surface area contributed by atoms with Crippen LogP contribution in [0.25, 0.3) is 98.5 Å². The predicted octanol–water partition coefficient (Wildman–Crippen LogP) is 1.43. The van der Waals surface area contributed by atoms with Crippen LogP contribution in [0.2, 0.25) is 0 Å². The molecule has 10 aromatic rings. The summed E-state index contributed by atoms with van der Waals surface area (Å²) in [5, 5.41) is 56.8. The van der Waals surface area contributed by atoms with Crippen LogP contribution in [0.15, 0.2) is 0 Å². The van der Waals surface area contributed by atoms with Gasteiger partial charge in [0, 0.05) is 32.3 Å². The van der Waals surface area contributed by atoms with Crippen LogP contribution in [0.3, 0.4) is 0 Å². The second kappa shape index (κ2) is 3.50. The van der Waals surface area contributed by atoms with Gasteiger partial charge < -0.3 is 0 Å². The highest BCUT2D eigenvalue weighted by molar-refractivity contribution is 6.49. The van der Waals surface area contributed by atoms with Gasteiger partial charge in [-0.15, -0.1) is 61.2 Å². The second-order valence-electron chi connectivity index (χ2n) is 7.63. The second-order valence-corrected chi connectivity index (χ2v) is 7.63. The molecule has 12 heteroatoms. The Bertz CT molecular complexity index is 1830. The average molecular weight is 384 g/mol. The summed E-state index contributed by atoms with van der Waals surface area (Å²) in [5.41, 5.74) is 9.23. The minimum absolute atomic E-state index is 0.756. The number of rotatable bonds is 0. The molecule has 0 spiro atoms. The third-order valence-corrected chi connectivity index (χ3v) is 6.44. The predicted molar refractivity (Wildman–Crippen MR) is 105 cm³/mol. The molecule has 0 aliphatic rings. The van der Waals surface area contributed by atoms with Gasteiger partial charge in [0.05, 0.1) is 0 Å². The van der Waals surface area contributed by atoms with Gasteiger partial charge in [-0.3, -0.25) is 0 Å². The van der Waals surface area contributed by atoms with Crippen LogP contribution < -0.4 is 0 Å². The van der Waals surface area contributed by atoms with Crippen molar-refractivity contribution >= 4 is 98.5 Å². The molecule has 0 unspecified atom stereocenters. The summed E-state index contributed by atoms with van der Waals surface area (Å²) in [6.45, 7) is 0. The van der Waals surface area contributed by atoms with Crippen LogP contribution in [0.4, 0.5) is 0 Å². The van der Waals surface area contributed by atoms with Crippen LogP contribution in [0.1, 0.15) is 0 Å². The lowest BCUT2D eigenvalue weighted by atomic mass is 9.88. The molecule has 0 saturated heterocycles. The standard InChI is InChI=1S/C18N12/c19-7-1-2(8-14(26-20-8)13(7)25-19)4-6(12-18(30-24-12)17-11(4)23-29-17)5-3(1)9-15(27-21-9)16-10(5)22-28-16. The van der Waals surface area contributed by atoms with E-state index in [0.29, 0.717) is 0 Å². The molecule has 12 nitrogen and oxygen atoms in total. The SMILES string of the molecule is n1nc2c1c1nnc1c1c2c2c3nnc3c3nnc3c2c2c3nnc3c3nnc3c12. The first-order chi connectivity index (χ1) is 14.9. The lowest BCUT2D eigenvalue weighted by Crippen LogP contribution is -2.08. The molecular weight excluding hydrogens is 384 g/mol. The van der Waals surface area contributed by atoms with Gasteiger partial charge in [-0.05, 0) is 0 Å². The lowest BCUT2D eigenvalue weighted by Gasteiger charge is -2.20. The molecular formula is C18N12. The maximum absolute atomic E-state index is 4.34. The highest BCUT2D eigenvalue weighted by atomic mass is 15.2. The molecule has 0 N–H and O–H groups in total. The van der Waals surface area contributed by atoms with Gasteiger partial charge in [-0.1, -0.05) is 0 Å². The summed E-state index contributed by atoms with van der Waals surface area (Å²) in [6, 6.07) is 0. The topological polar surface area (TPSA) is 155 Å². The Balaban J connectivity index is 1.75. The van der Waals surface area contributed by atoms with Gasteiger partial charge >= 0.3 is 0 Å². The molecule has 0 atom stereocenters. The Hall–Kier alpha value is -4.74. The number of benzene rings is 4. The van der Waals surface area contributed by atoms with Crippen molar-refractivity contribution in [3.63, 3.8) is 0 Å². The van der Waals surface area contributed by atoms with Crippen molar-refractivity contribution in [2.45, 2.75) is 0 Å². The molecule has 6 heterocycles. The van der Waals surface area contributed by atoms with Crippen molar-refractivity contribution in [1.82, 2.24) is 61.2 Å². The summed E-state index contributed by atoms with van der Waals surface area (Å²) in [4.78, 5) is 0. The number of fused-ring (bicyclic) bond motifs is 21. The van der Waals surface area contributed by atoms with Crippen LogP contribution in [-0.2, 0) is 0 Å². The number of nitrogens with zero attached hydrogens (tertiary/aromatic N) is 12. The Morgan fingerprint density at radius 2 is 0.300 bits per heavy atom. The summed E-state index contributed by atoms with van der Waals surface area (Å²) >= 11 is 0. The first-order valence-corrected chi connectivity index (χ1v) is 9.13. The number of hydrogen-bond acceptors (Lipinski definition) is 12. The summed E-state index contributed by atoms with van der Waals surface area (Å²) in [7, 11) is 0. The Morgan fingerprint density at radius 1 is 0.167 bits per heavy atom. The zero-order valence-corrected chi connectivity index (χ0v) is 14.4. The van der Waals surface area contributed by atoms with E-state index in [-0.39, 0.29) is 0 Å². The van der Waals surface area contributed by atoms with Gasteiger partial charge in [0.1, 0.15) is 66.2 Å². The van der Waals surface area contributed by atoms with Crippen molar-refractivity contribution in [1.29, 1.82) is 0 Å². The molecule has 10 rings (SSSR count). The highest BCUT2D eigenvalue weighted by Crippen LogP contribution is 2.50. The molecule has 132 valence electrons. The molecule has 0 amide bonds. The van der Waals surface area contributed by atoms with Crippen molar-refractivity contribution in [3.05, 3.63) is 0 Å². The van der Waals surface area contributed by atoms with E-state index in [9.17, 15) is 0 Å². The zero-order valence-electron chi connectivity index (χ0n) is 14.4. The molecule has 0 bridgehead atoms. The van der Waals surface area contributed by atoms with E-state index < -0.39 is 0 Å². The van der Waals surface area contributed by atoms with E-state index in [1.165, 1.54) is 0 Å². The fourth-order valence-electron chi connectivity index (χ4n) is 5.04. The van der Waals surface area contributed by atoms with Gasteiger partial charge in [0.25, 0.3) is 0 Å². The fraction of sp³-hybridized carbons (Fsp3) is 0.